The maximum absolute atomic E-state index is 13.3. The molecule has 2 fully saturated rings. The van der Waals surface area contributed by atoms with E-state index in [-0.39, 0.29) is 17.5 Å². The Kier molecular flexibility index (Phi) is 5.84. The van der Waals surface area contributed by atoms with E-state index in [1.165, 1.54) is 22.6 Å². The van der Waals surface area contributed by atoms with E-state index in [4.69, 9.17) is 16.6 Å². The maximum Gasteiger partial charge on any atom is 0.267 e. The molecule has 1 aliphatic carbocycles. The van der Waals surface area contributed by atoms with Crippen molar-refractivity contribution in [1.29, 1.82) is 0 Å². The molecule has 1 saturated heterocycles. The van der Waals surface area contributed by atoms with Gasteiger partial charge in [-0.3, -0.25) is 18.9 Å². The van der Waals surface area contributed by atoms with Gasteiger partial charge in [-0.25, -0.2) is 4.98 Å². The minimum Gasteiger partial charge on any atom is -0.467 e. The Morgan fingerprint density at radius 3 is 2.81 bits per heavy atom. The van der Waals surface area contributed by atoms with Crippen molar-refractivity contribution in [2.75, 3.05) is 5.32 Å². The molecule has 2 aliphatic rings. The highest BCUT2D eigenvalue weighted by atomic mass is 32.2. The number of thiocarbonyl (C=S) groups is 1. The molecular formula is C23H22N4O3S2. The normalized spacial score (nSPS) is 18.8. The lowest BCUT2D eigenvalue weighted by molar-refractivity contribution is -0.124. The SMILES string of the molecule is O=C1/C(=C/c2c(NCc3ccco3)nc3ccccn3c2=O)SC(=S)N1C1CCCCC1. The summed E-state index contributed by atoms with van der Waals surface area (Å²) in [6, 6.07) is 9.17. The van der Waals surface area contributed by atoms with Crippen LogP contribution in [-0.4, -0.2) is 30.6 Å². The summed E-state index contributed by atoms with van der Waals surface area (Å²) in [5.74, 6) is 0.997. The third-order valence-electron chi connectivity index (χ3n) is 5.82. The van der Waals surface area contributed by atoms with Gasteiger partial charge in [0.05, 0.1) is 23.3 Å². The van der Waals surface area contributed by atoms with Crippen LogP contribution < -0.4 is 10.9 Å². The summed E-state index contributed by atoms with van der Waals surface area (Å²) in [5, 5.41) is 3.19. The Morgan fingerprint density at radius 2 is 2.03 bits per heavy atom. The van der Waals surface area contributed by atoms with Gasteiger partial charge in [0.2, 0.25) is 0 Å². The fourth-order valence-electron chi connectivity index (χ4n) is 4.22. The summed E-state index contributed by atoms with van der Waals surface area (Å²) in [6.45, 7) is 0.367. The summed E-state index contributed by atoms with van der Waals surface area (Å²) in [5.41, 5.74) is 0.594. The number of furan rings is 1. The van der Waals surface area contributed by atoms with E-state index in [0.717, 1.165) is 31.4 Å². The van der Waals surface area contributed by atoms with Gasteiger partial charge >= 0.3 is 0 Å². The molecule has 1 aliphatic heterocycles. The molecule has 1 N–H and O–H groups in total. The molecule has 0 unspecified atom stereocenters. The first kappa shape index (κ1) is 21.0. The minimum absolute atomic E-state index is 0.124. The van der Waals surface area contributed by atoms with Crippen LogP contribution in [0.2, 0.25) is 0 Å². The second kappa shape index (κ2) is 8.91. The highest BCUT2D eigenvalue weighted by Crippen LogP contribution is 2.37. The van der Waals surface area contributed by atoms with Crippen LogP contribution >= 0.6 is 24.0 Å². The Balaban J connectivity index is 1.53. The van der Waals surface area contributed by atoms with Crippen molar-refractivity contribution in [1.82, 2.24) is 14.3 Å². The summed E-state index contributed by atoms with van der Waals surface area (Å²) in [4.78, 5) is 33.4. The van der Waals surface area contributed by atoms with Gasteiger partial charge in [-0.1, -0.05) is 49.3 Å². The second-order valence-corrected chi connectivity index (χ2v) is 9.56. The lowest BCUT2D eigenvalue weighted by Gasteiger charge is -2.29. The van der Waals surface area contributed by atoms with Crippen LogP contribution in [0.25, 0.3) is 11.7 Å². The topological polar surface area (TPSA) is 79.9 Å². The number of anilines is 1. The van der Waals surface area contributed by atoms with Crippen LogP contribution in [0.5, 0.6) is 0 Å². The Hall–Kier alpha value is -2.91. The lowest BCUT2D eigenvalue weighted by Crippen LogP contribution is -2.39. The zero-order valence-electron chi connectivity index (χ0n) is 17.3. The van der Waals surface area contributed by atoms with Crippen molar-refractivity contribution in [3.8, 4) is 0 Å². The number of nitrogens with one attached hydrogen (secondary N) is 1. The molecule has 3 aromatic heterocycles. The third kappa shape index (κ3) is 3.98. The molecule has 0 aromatic carbocycles. The number of hydrogen-bond donors (Lipinski definition) is 1. The Bertz CT molecular complexity index is 1260. The summed E-state index contributed by atoms with van der Waals surface area (Å²) in [7, 11) is 0. The number of nitrogens with zero attached hydrogens (tertiary/aromatic N) is 3. The van der Waals surface area contributed by atoms with E-state index in [1.807, 2.05) is 12.1 Å². The first-order valence-corrected chi connectivity index (χ1v) is 11.9. The van der Waals surface area contributed by atoms with Crippen LogP contribution in [0.1, 0.15) is 43.4 Å². The van der Waals surface area contributed by atoms with Crippen LogP contribution in [0, 0.1) is 0 Å². The zero-order valence-corrected chi connectivity index (χ0v) is 19.0. The second-order valence-electron chi connectivity index (χ2n) is 7.88. The van der Waals surface area contributed by atoms with Gasteiger partial charge in [0.25, 0.3) is 11.5 Å². The molecule has 7 nitrogen and oxygen atoms in total. The Morgan fingerprint density at radius 1 is 1.19 bits per heavy atom. The fraction of sp³-hybridized carbons (Fsp3) is 0.304. The van der Waals surface area contributed by atoms with Crippen molar-refractivity contribution in [2.45, 2.75) is 44.7 Å². The van der Waals surface area contributed by atoms with Crippen LogP contribution in [0.15, 0.2) is 56.9 Å². The standard InChI is InChI=1S/C23H22N4O3S2/c28-21-17(13-18-22(29)27(23(31)32-18)15-7-2-1-3-8-15)20(24-14-16-9-6-12-30-16)25-19-10-4-5-11-26(19)21/h4-6,9-13,15,24H,1-3,7-8,14H2/b18-13-. The highest BCUT2D eigenvalue weighted by molar-refractivity contribution is 8.26. The van der Waals surface area contributed by atoms with E-state index >= 15 is 0 Å². The number of carbonyl (C=O) groups is 1. The monoisotopic (exact) mass is 466 g/mol. The maximum atomic E-state index is 13.3. The van der Waals surface area contributed by atoms with E-state index in [1.54, 1.807) is 41.6 Å². The largest absolute Gasteiger partial charge is 0.467 e. The lowest BCUT2D eigenvalue weighted by atomic mass is 9.94. The van der Waals surface area contributed by atoms with Crippen LogP contribution in [0.4, 0.5) is 5.82 Å². The van der Waals surface area contributed by atoms with Crippen molar-refractivity contribution < 1.29 is 9.21 Å². The van der Waals surface area contributed by atoms with Crippen molar-refractivity contribution >= 4 is 51.7 Å². The predicted molar refractivity (Wildman–Crippen MR) is 129 cm³/mol. The molecule has 0 bridgehead atoms. The molecule has 9 heteroatoms. The number of thioether (sulfide) groups is 1. The van der Waals surface area contributed by atoms with Gasteiger partial charge in [0.15, 0.2) is 0 Å². The van der Waals surface area contributed by atoms with Gasteiger partial charge in [-0.15, -0.1) is 0 Å². The van der Waals surface area contributed by atoms with Gasteiger partial charge in [0, 0.05) is 12.2 Å². The number of amides is 1. The molecule has 0 radical (unpaired) electrons. The number of carbonyl (C=O) groups excluding carboxylic acids is 1. The van der Waals surface area contributed by atoms with Crippen LogP contribution in [-0.2, 0) is 11.3 Å². The van der Waals surface area contributed by atoms with Crippen molar-refractivity contribution in [3.63, 3.8) is 0 Å². The third-order valence-corrected chi connectivity index (χ3v) is 7.15. The van der Waals surface area contributed by atoms with E-state index in [9.17, 15) is 9.59 Å². The number of pyridine rings is 1. The first-order valence-electron chi connectivity index (χ1n) is 10.7. The molecule has 0 spiro atoms. The molecule has 4 heterocycles. The highest BCUT2D eigenvalue weighted by Gasteiger charge is 2.37. The fourth-order valence-corrected chi connectivity index (χ4v) is 5.60. The molecule has 3 aromatic rings. The van der Waals surface area contributed by atoms with Crippen molar-refractivity contribution in [3.05, 3.63) is 69.4 Å². The van der Waals surface area contributed by atoms with Gasteiger partial charge < -0.3 is 9.73 Å². The molecule has 5 rings (SSSR count). The van der Waals surface area contributed by atoms with E-state index < -0.39 is 0 Å². The number of fused-ring (bicyclic) bond motifs is 1. The quantitative estimate of drug-likeness (QED) is 0.440. The zero-order chi connectivity index (χ0) is 22.1. The van der Waals surface area contributed by atoms with Crippen molar-refractivity contribution in [2.24, 2.45) is 0 Å². The molecular weight excluding hydrogens is 444 g/mol. The van der Waals surface area contributed by atoms with Gasteiger partial charge in [-0.2, -0.15) is 0 Å². The average Bonchev–Trinajstić information content (AvgIpc) is 3.43. The number of aromatic nitrogens is 2. The molecule has 32 heavy (non-hydrogen) atoms. The molecule has 1 amide bonds. The minimum atomic E-state index is -0.250. The first-order chi connectivity index (χ1) is 15.6. The van der Waals surface area contributed by atoms with Gasteiger partial charge in [0.1, 0.15) is 21.5 Å². The Labute approximate surface area is 194 Å². The summed E-state index contributed by atoms with van der Waals surface area (Å²) >= 11 is 6.80. The smallest absolute Gasteiger partial charge is 0.267 e. The summed E-state index contributed by atoms with van der Waals surface area (Å²) in [6.07, 6.45) is 10.2. The molecule has 0 atom stereocenters. The number of rotatable bonds is 5. The number of hydrogen-bond acceptors (Lipinski definition) is 7. The summed E-state index contributed by atoms with van der Waals surface area (Å²) < 4.78 is 7.43. The predicted octanol–water partition coefficient (Wildman–Crippen LogP) is 4.43. The average molecular weight is 467 g/mol. The molecule has 164 valence electrons. The van der Waals surface area contributed by atoms with E-state index in [0.29, 0.717) is 32.8 Å². The van der Waals surface area contributed by atoms with Gasteiger partial charge in [-0.05, 0) is 43.2 Å². The van der Waals surface area contributed by atoms with Crippen LogP contribution in [0.3, 0.4) is 0 Å². The molecule has 1 saturated carbocycles. The van der Waals surface area contributed by atoms with E-state index in [2.05, 4.69) is 10.3 Å².